The van der Waals surface area contributed by atoms with Crippen LogP contribution in [0.3, 0.4) is 0 Å². The highest BCUT2D eigenvalue weighted by Crippen LogP contribution is 2.37. The Morgan fingerprint density at radius 3 is 2.57 bits per heavy atom. The Morgan fingerprint density at radius 1 is 1.17 bits per heavy atom. The third kappa shape index (κ3) is 4.74. The average Bonchev–Trinajstić information content (AvgIpc) is 3.13. The monoisotopic (exact) mass is 575 g/mol. The van der Waals surface area contributed by atoms with E-state index in [1.165, 1.54) is 17.8 Å². The first-order valence-electron chi connectivity index (χ1n) is 8.92. The standard InChI is InChI=1S/C19H16Br2FN3O3S2/c20-11-1-4-13(5-2-11)23-18(26)8-29-19-24-15-9-30(27,28)10-17(15)25(19)16-6-3-12(21)7-14(16)22/h1-7,15,17H,8-10H2,(H,23,26)/t15-,17+/m0/s1. The van der Waals surface area contributed by atoms with Crippen molar-refractivity contribution in [1.29, 1.82) is 0 Å². The van der Waals surface area contributed by atoms with Crippen LogP contribution in [0.4, 0.5) is 15.8 Å². The highest BCUT2D eigenvalue weighted by molar-refractivity contribution is 9.10. The molecule has 4 rings (SSSR count). The molecule has 0 aliphatic carbocycles. The summed E-state index contributed by atoms with van der Waals surface area (Å²) < 4.78 is 40.3. The van der Waals surface area contributed by atoms with E-state index in [2.05, 4.69) is 42.2 Å². The summed E-state index contributed by atoms with van der Waals surface area (Å²) in [6, 6.07) is 10.9. The van der Waals surface area contributed by atoms with Gasteiger partial charge in [-0.15, -0.1) is 0 Å². The van der Waals surface area contributed by atoms with E-state index in [9.17, 15) is 17.6 Å². The first-order valence-corrected chi connectivity index (χ1v) is 13.3. The van der Waals surface area contributed by atoms with E-state index in [1.807, 2.05) is 12.1 Å². The zero-order valence-electron chi connectivity index (χ0n) is 15.4. The second-order valence-electron chi connectivity index (χ2n) is 6.93. The second-order valence-corrected chi connectivity index (χ2v) is 11.9. The molecule has 0 bridgehead atoms. The maximum Gasteiger partial charge on any atom is 0.234 e. The number of benzene rings is 2. The number of amides is 1. The van der Waals surface area contributed by atoms with E-state index < -0.39 is 27.7 Å². The molecule has 0 spiro atoms. The number of sulfone groups is 1. The molecule has 158 valence electrons. The summed E-state index contributed by atoms with van der Waals surface area (Å²) in [5.41, 5.74) is 0.915. The summed E-state index contributed by atoms with van der Waals surface area (Å²) in [6.07, 6.45) is 0. The SMILES string of the molecule is O=C(CSC1=N[C@H]2CS(=O)(=O)C[C@H]2N1c1ccc(Br)cc1F)Nc1ccc(Br)cc1. The first kappa shape index (κ1) is 21.8. The zero-order valence-corrected chi connectivity index (χ0v) is 20.2. The molecule has 0 unspecified atom stereocenters. The molecule has 1 fully saturated rings. The molecule has 11 heteroatoms. The number of hydrogen-bond donors (Lipinski definition) is 1. The van der Waals surface area contributed by atoms with Gasteiger partial charge in [-0.3, -0.25) is 9.79 Å². The lowest BCUT2D eigenvalue weighted by Crippen LogP contribution is -2.40. The number of nitrogens with zero attached hydrogens (tertiary/aromatic N) is 2. The van der Waals surface area contributed by atoms with Crippen molar-refractivity contribution in [3.05, 3.63) is 57.2 Å². The zero-order chi connectivity index (χ0) is 21.5. The van der Waals surface area contributed by atoms with Crippen LogP contribution < -0.4 is 10.2 Å². The number of carbonyl (C=O) groups is 1. The number of fused-ring (bicyclic) bond motifs is 1. The molecule has 30 heavy (non-hydrogen) atoms. The Bertz CT molecular complexity index is 1130. The van der Waals surface area contributed by atoms with Crippen LogP contribution in [0.2, 0.25) is 0 Å². The summed E-state index contributed by atoms with van der Waals surface area (Å²) in [7, 11) is -3.24. The fourth-order valence-electron chi connectivity index (χ4n) is 3.45. The summed E-state index contributed by atoms with van der Waals surface area (Å²) >= 11 is 7.75. The molecular weight excluding hydrogens is 561 g/mol. The van der Waals surface area contributed by atoms with Gasteiger partial charge in [0.15, 0.2) is 15.0 Å². The Kier molecular flexibility index (Phi) is 6.25. The number of carbonyl (C=O) groups excluding carboxylic acids is 1. The van der Waals surface area contributed by atoms with Gasteiger partial charge in [-0.05, 0) is 42.5 Å². The van der Waals surface area contributed by atoms with Gasteiger partial charge < -0.3 is 10.2 Å². The molecular formula is C19H16Br2FN3O3S2. The van der Waals surface area contributed by atoms with Crippen LogP contribution in [0, 0.1) is 5.82 Å². The van der Waals surface area contributed by atoms with Gasteiger partial charge >= 0.3 is 0 Å². The van der Waals surface area contributed by atoms with Crippen molar-refractivity contribution in [3.8, 4) is 0 Å². The van der Waals surface area contributed by atoms with Crippen LogP contribution >= 0.6 is 43.6 Å². The molecule has 1 saturated heterocycles. The topological polar surface area (TPSA) is 78.8 Å². The van der Waals surface area contributed by atoms with Crippen LogP contribution in [-0.2, 0) is 14.6 Å². The largest absolute Gasteiger partial charge is 0.325 e. The van der Waals surface area contributed by atoms with Crippen LogP contribution in [0.15, 0.2) is 56.4 Å². The van der Waals surface area contributed by atoms with Crippen LogP contribution in [0.5, 0.6) is 0 Å². The molecule has 0 aromatic heterocycles. The lowest BCUT2D eigenvalue weighted by Gasteiger charge is -2.26. The number of halogens is 3. The van der Waals surface area contributed by atoms with Gasteiger partial charge in [-0.25, -0.2) is 12.8 Å². The molecule has 2 aromatic carbocycles. The quantitative estimate of drug-likeness (QED) is 0.594. The predicted molar refractivity (Wildman–Crippen MR) is 125 cm³/mol. The summed E-state index contributed by atoms with van der Waals surface area (Å²) in [4.78, 5) is 18.5. The van der Waals surface area contributed by atoms with Gasteiger partial charge in [0.05, 0.1) is 35.0 Å². The van der Waals surface area contributed by atoms with E-state index in [0.29, 0.717) is 15.3 Å². The molecule has 2 aliphatic rings. The Labute approximate surface area is 194 Å². The van der Waals surface area contributed by atoms with Gasteiger partial charge in [0.1, 0.15) is 5.82 Å². The van der Waals surface area contributed by atoms with Crippen LogP contribution in [-0.4, -0.2) is 48.8 Å². The van der Waals surface area contributed by atoms with Crippen molar-refractivity contribution in [2.45, 2.75) is 12.1 Å². The van der Waals surface area contributed by atoms with Gasteiger partial charge in [0.2, 0.25) is 5.91 Å². The number of nitrogens with one attached hydrogen (secondary N) is 1. The number of anilines is 2. The average molecular weight is 577 g/mol. The minimum absolute atomic E-state index is 0.0652. The number of amidine groups is 1. The highest BCUT2D eigenvalue weighted by Gasteiger charge is 2.47. The lowest BCUT2D eigenvalue weighted by molar-refractivity contribution is -0.113. The molecule has 6 nitrogen and oxygen atoms in total. The Hall–Kier alpha value is -1.43. The molecule has 1 N–H and O–H groups in total. The van der Waals surface area contributed by atoms with Gasteiger partial charge in [-0.1, -0.05) is 43.6 Å². The Morgan fingerprint density at radius 2 is 1.87 bits per heavy atom. The molecule has 1 amide bonds. The van der Waals surface area contributed by atoms with E-state index in [0.717, 1.165) is 4.47 Å². The van der Waals surface area contributed by atoms with Crippen molar-refractivity contribution >= 4 is 75.9 Å². The maximum absolute atomic E-state index is 14.7. The first-order chi connectivity index (χ1) is 14.2. The van der Waals surface area contributed by atoms with Crippen LogP contribution in [0.25, 0.3) is 0 Å². The van der Waals surface area contributed by atoms with Crippen molar-refractivity contribution < 1.29 is 17.6 Å². The molecule has 2 aliphatic heterocycles. The number of hydrogen-bond acceptors (Lipinski definition) is 6. The molecule has 2 heterocycles. The summed E-state index contributed by atoms with van der Waals surface area (Å²) in [5.74, 6) is -0.809. The van der Waals surface area contributed by atoms with E-state index in [4.69, 9.17) is 0 Å². The lowest BCUT2D eigenvalue weighted by atomic mass is 10.1. The number of rotatable bonds is 4. The predicted octanol–water partition coefficient (Wildman–Crippen LogP) is 4.06. The molecule has 2 atom stereocenters. The number of thioether (sulfide) groups is 1. The van der Waals surface area contributed by atoms with Gasteiger partial charge in [0, 0.05) is 14.6 Å². The van der Waals surface area contributed by atoms with E-state index in [-0.39, 0.29) is 28.9 Å². The van der Waals surface area contributed by atoms with Crippen molar-refractivity contribution in [2.75, 3.05) is 27.5 Å². The highest BCUT2D eigenvalue weighted by atomic mass is 79.9. The molecule has 2 aromatic rings. The van der Waals surface area contributed by atoms with E-state index >= 15 is 0 Å². The van der Waals surface area contributed by atoms with Gasteiger partial charge in [-0.2, -0.15) is 0 Å². The smallest absolute Gasteiger partial charge is 0.234 e. The minimum Gasteiger partial charge on any atom is -0.325 e. The van der Waals surface area contributed by atoms with Gasteiger partial charge in [0.25, 0.3) is 0 Å². The normalized spacial score (nSPS) is 22.0. The fraction of sp³-hybridized carbons (Fsp3) is 0.263. The van der Waals surface area contributed by atoms with Crippen molar-refractivity contribution in [3.63, 3.8) is 0 Å². The third-order valence-corrected chi connectivity index (χ3v) is 8.42. The summed E-state index contributed by atoms with van der Waals surface area (Å²) in [6.45, 7) is 0. The molecule has 0 radical (unpaired) electrons. The Balaban J connectivity index is 1.52. The second kappa shape index (κ2) is 8.60. The maximum atomic E-state index is 14.7. The number of aliphatic imine (C=N–C) groups is 1. The van der Waals surface area contributed by atoms with Crippen molar-refractivity contribution in [1.82, 2.24) is 0 Å². The third-order valence-electron chi connectivity index (χ3n) is 4.74. The van der Waals surface area contributed by atoms with E-state index in [1.54, 1.807) is 29.2 Å². The van der Waals surface area contributed by atoms with Crippen molar-refractivity contribution in [2.24, 2.45) is 4.99 Å². The van der Waals surface area contributed by atoms with Crippen LogP contribution in [0.1, 0.15) is 0 Å². The molecule has 0 saturated carbocycles. The minimum atomic E-state index is -3.24. The summed E-state index contributed by atoms with van der Waals surface area (Å²) in [5, 5.41) is 3.25. The fourth-order valence-corrected chi connectivity index (χ4v) is 6.81.